The minimum absolute atomic E-state index is 0.0192. The minimum Gasteiger partial charge on any atom is -0.469 e. The van der Waals surface area contributed by atoms with Gasteiger partial charge in [-0.1, -0.05) is 60.7 Å². The van der Waals surface area contributed by atoms with Gasteiger partial charge in [0.05, 0.1) is 24.1 Å². The zero-order valence-electron chi connectivity index (χ0n) is 15.5. The lowest BCUT2D eigenvalue weighted by Gasteiger charge is -2.05. The number of rotatable bonds is 7. The van der Waals surface area contributed by atoms with Gasteiger partial charge in [0.25, 0.3) is 10.0 Å². The summed E-state index contributed by atoms with van der Waals surface area (Å²) in [5.41, 5.74) is 2.42. The van der Waals surface area contributed by atoms with Gasteiger partial charge >= 0.3 is 5.97 Å². The Hall–Kier alpha value is -2.71. The molecule has 0 saturated carbocycles. The fourth-order valence-corrected chi connectivity index (χ4v) is 4.82. The molecule has 0 aliphatic carbocycles. The molecule has 3 aromatic rings. The summed E-state index contributed by atoms with van der Waals surface area (Å²) < 4.78 is 32.7. The number of sulfonamides is 1. The largest absolute Gasteiger partial charge is 0.469 e. The molecule has 0 amide bonds. The van der Waals surface area contributed by atoms with Crippen LogP contribution in [0, 0.1) is 0 Å². The standard InChI is InChI=1S/C20H20N2O4S2/c1-3-14-9-11-16(12-10-14)28(24,25)22-20-21-19(15-7-5-4-6-8-15)17(27-20)13-18(23)26-2/h4-12H,3,13H2,1-2H3,(H,21,22). The molecule has 1 aromatic heterocycles. The van der Waals surface area contributed by atoms with Gasteiger partial charge in [0, 0.05) is 10.4 Å². The molecule has 1 heterocycles. The first kappa shape index (κ1) is 20.0. The van der Waals surface area contributed by atoms with Crippen LogP contribution in [-0.4, -0.2) is 26.5 Å². The molecular formula is C20H20N2O4S2. The van der Waals surface area contributed by atoms with Gasteiger partial charge in [-0.2, -0.15) is 0 Å². The van der Waals surface area contributed by atoms with Gasteiger partial charge in [-0.15, -0.1) is 0 Å². The molecule has 0 unspecified atom stereocenters. The molecule has 1 N–H and O–H groups in total. The van der Waals surface area contributed by atoms with Gasteiger partial charge in [-0.3, -0.25) is 9.52 Å². The van der Waals surface area contributed by atoms with Gasteiger partial charge in [-0.25, -0.2) is 13.4 Å². The van der Waals surface area contributed by atoms with E-state index in [0.717, 1.165) is 28.9 Å². The van der Waals surface area contributed by atoms with Gasteiger partial charge in [0.2, 0.25) is 0 Å². The van der Waals surface area contributed by atoms with Crippen molar-refractivity contribution >= 4 is 32.5 Å². The van der Waals surface area contributed by atoms with E-state index < -0.39 is 16.0 Å². The number of aryl methyl sites for hydroxylation is 1. The fraction of sp³-hybridized carbons (Fsp3) is 0.200. The molecule has 0 bridgehead atoms. The number of esters is 1. The number of thiazole rings is 1. The maximum atomic E-state index is 12.7. The first-order valence-corrected chi connectivity index (χ1v) is 11.0. The van der Waals surface area contributed by atoms with Crippen molar-refractivity contribution in [2.75, 3.05) is 11.8 Å². The molecule has 0 atom stereocenters. The number of aromatic nitrogens is 1. The lowest BCUT2D eigenvalue weighted by atomic mass is 10.1. The van der Waals surface area contributed by atoms with Gasteiger partial charge < -0.3 is 4.74 Å². The highest BCUT2D eigenvalue weighted by Gasteiger charge is 2.21. The fourth-order valence-electron chi connectivity index (χ4n) is 2.62. The summed E-state index contributed by atoms with van der Waals surface area (Å²) in [6.07, 6.45) is 0.850. The van der Waals surface area contributed by atoms with Crippen LogP contribution in [0.25, 0.3) is 11.3 Å². The monoisotopic (exact) mass is 416 g/mol. The van der Waals surface area contributed by atoms with Gasteiger partial charge in [-0.05, 0) is 24.1 Å². The van der Waals surface area contributed by atoms with Crippen molar-refractivity contribution in [3.8, 4) is 11.3 Å². The Morgan fingerprint density at radius 2 is 1.79 bits per heavy atom. The summed E-state index contributed by atoms with van der Waals surface area (Å²) in [4.78, 5) is 17.0. The number of methoxy groups -OCH3 is 1. The maximum absolute atomic E-state index is 12.7. The van der Waals surface area contributed by atoms with E-state index in [1.807, 2.05) is 37.3 Å². The number of hydrogen-bond donors (Lipinski definition) is 1. The third-order valence-electron chi connectivity index (χ3n) is 4.14. The van der Waals surface area contributed by atoms with Crippen LogP contribution in [0.1, 0.15) is 17.4 Å². The Balaban J connectivity index is 1.94. The molecule has 0 saturated heterocycles. The zero-order chi connectivity index (χ0) is 20.1. The third kappa shape index (κ3) is 4.58. The van der Waals surface area contributed by atoms with Crippen molar-refractivity contribution in [3.63, 3.8) is 0 Å². The summed E-state index contributed by atoms with van der Waals surface area (Å²) in [6, 6.07) is 16.0. The van der Waals surface area contributed by atoms with Crippen molar-refractivity contribution in [1.82, 2.24) is 4.98 Å². The van der Waals surface area contributed by atoms with Crippen LogP contribution in [0.5, 0.6) is 0 Å². The average molecular weight is 417 g/mol. The lowest BCUT2D eigenvalue weighted by molar-refractivity contribution is -0.139. The molecule has 0 aliphatic rings. The third-order valence-corrected chi connectivity index (χ3v) is 6.60. The topological polar surface area (TPSA) is 85.4 Å². The molecule has 0 radical (unpaired) electrons. The van der Waals surface area contributed by atoms with E-state index in [4.69, 9.17) is 4.74 Å². The predicted molar refractivity (Wildman–Crippen MR) is 110 cm³/mol. The number of anilines is 1. The second-order valence-electron chi connectivity index (χ2n) is 6.01. The predicted octanol–water partition coefficient (Wildman–Crippen LogP) is 3.89. The number of carbonyl (C=O) groups excluding carboxylic acids is 1. The number of ether oxygens (including phenoxy) is 1. The normalized spacial score (nSPS) is 11.2. The van der Waals surface area contributed by atoms with E-state index in [1.54, 1.807) is 24.3 Å². The minimum atomic E-state index is -3.78. The molecule has 28 heavy (non-hydrogen) atoms. The van der Waals surface area contributed by atoms with E-state index in [0.29, 0.717) is 10.6 Å². The second-order valence-corrected chi connectivity index (χ2v) is 8.78. The Bertz CT molecular complexity index is 1060. The Labute approximate surface area is 168 Å². The highest BCUT2D eigenvalue weighted by atomic mass is 32.2. The van der Waals surface area contributed by atoms with E-state index >= 15 is 0 Å². The summed E-state index contributed by atoms with van der Waals surface area (Å²) in [7, 11) is -2.46. The SMILES string of the molecule is CCc1ccc(S(=O)(=O)Nc2nc(-c3ccccc3)c(CC(=O)OC)s2)cc1. The van der Waals surface area contributed by atoms with Crippen LogP contribution in [0.3, 0.4) is 0 Å². The average Bonchev–Trinajstić information content (AvgIpc) is 3.09. The van der Waals surface area contributed by atoms with Crippen LogP contribution < -0.4 is 4.72 Å². The van der Waals surface area contributed by atoms with Crippen LogP contribution >= 0.6 is 11.3 Å². The van der Waals surface area contributed by atoms with Crippen molar-refractivity contribution in [1.29, 1.82) is 0 Å². The maximum Gasteiger partial charge on any atom is 0.310 e. The number of hydrogen-bond acceptors (Lipinski definition) is 6. The molecule has 146 valence electrons. The van der Waals surface area contributed by atoms with Gasteiger partial charge in [0.1, 0.15) is 0 Å². The van der Waals surface area contributed by atoms with Crippen molar-refractivity contribution < 1.29 is 17.9 Å². The van der Waals surface area contributed by atoms with E-state index in [-0.39, 0.29) is 16.4 Å². The quantitative estimate of drug-likeness (QED) is 0.591. The Morgan fingerprint density at radius 1 is 1.11 bits per heavy atom. The van der Waals surface area contributed by atoms with Crippen LogP contribution in [0.4, 0.5) is 5.13 Å². The number of nitrogens with zero attached hydrogens (tertiary/aromatic N) is 1. The van der Waals surface area contributed by atoms with Crippen molar-refractivity contribution in [2.45, 2.75) is 24.7 Å². The molecule has 0 aliphatic heterocycles. The first-order chi connectivity index (χ1) is 13.4. The lowest BCUT2D eigenvalue weighted by Crippen LogP contribution is -2.12. The summed E-state index contributed by atoms with van der Waals surface area (Å²) in [5, 5.41) is 0.206. The van der Waals surface area contributed by atoms with E-state index in [2.05, 4.69) is 9.71 Å². The second kappa shape index (κ2) is 8.53. The van der Waals surface area contributed by atoms with Crippen LogP contribution in [0.15, 0.2) is 59.5 Å². The highest BCUT2D eigenvalue weighted by Crippen LogP contribution is 2.33. The summed E-state index contributed by atoms with van der Waals surface area (Å²) >= 11 is 1.13. The van der Waals surface area contributed by atoms with Crippen LogP contribution in [-0.2, 0) is 32.4 Å². The molecule has 8 heteroatoms. The van der Waals surface area contributed by atoms with Crippen LogP contribution in [0.2, 0.25) is 0 Å². The summed E-state index contributed by atoms with van der Waals surface area (Å²) in [6.45, 7) is 2.01. The Morgan fingerprint density at radius 3 is 2.39 bits per heavy atom. The molecule has 0 spiro atoms. The number of benzene rings is 2. The smallest absolute Gasteiger partial charge is 0.310 e. The molecular weight excluding hydrogens is 396 g/mol. The number of nitrogens with one attached hydrogen (secondary N) is 1. The molecule has 2 aromatic carbocycles. The van der Waals surface area contributed by atoms with E-state index in [1.165, 1.54) is 7.11 Å². The Kier molecular flexibility index (Phi) is 6.11. The number of carbonyl (C=O) groups is 1. The first-order valence-electron chi connectivity index (χ1n) is 8.66. The molecule has 0 fully saturated rings. The van der Waals surface area contributed by atoms with Crippen molar-refractivity contribution in [2.24, 2.45) is 0 Å². The molecule has 6 nitrogen and oxygen atoms in total. The highest BCUT2D eigenvalue weighted by molar-refractivity contribution is 7.93. The van der Waals surface area contributed by atoms with E-state index in [9.17, 15) is 13.2 Å². The zero-order valence-corrected chi connectivity index (χ0v) is 17.1. The van der Waals surface area contributed by atoms with Crippen molar-refractivity contribution in [3.05, 3.63) is 65.0 Å². The summed E-state index contributed by atoms with van der Waals surface area (Å²) in [5.74, 6) is -0.412. The molecule has 3 rings (SSSR count). The van der Waals surface area contributed by atoms with Gasteiger partial charge in [0.15, 0.2) is 5.13 Å².